The van der Waals surface area contributed by atoms with E-state index in [2.05, 4.69) is 27.8 Å². The number of carbonyl (C=O) groups excluding carboxylic acids is 1. The van der Waals surface area contributed by atoms with Crippen LogP contribution in [0.2, 0.25) is 0 Å². The number of fused-ring (bicyclic) bond motifs is 1. The molecule has 2 atom stereocenters. The molecule has 126 valence electrons. The Morgan fingerprint density at radius 3 is 2.96 bits per heavy atom. The Morgan fingerprint density at radius 1 is 1.21 bits per heavy atom. The quantitative estimate of drug-likeness (QED) is 0.848. The zero-order chi connectivity index (χ0) is 16.4. The van der Waals surface area contributed by atoms with Crippen molar-refractivity contribution in [1.82, 2.24) is 15.6 Å². The highest BCUT2D eigenvalue weighted by Gasteiger charge is 2.30. The van der Waals surface area contributed by atoms with Gasteiger partial charge in [0.05, 0.1) is 31.3 Å². The highest BCUT2D eigenvalue weighted by molar-refractivity contribution is 5.82. The first-order chi connectivity index (χ1) is 11.8. The summed E-state index contributed by atoms with van der Waals surface area (Å²) in [5.74, 6) is 0.377. The Kier molecular flexibility index (Phi) is 4.45. The summed E-state index contributed by atoms with van der Waals surface area (Å²) in [5.41, 5.74) is 2.29. The molecule has 24 heavy (non-hydrogen) atoms. The van der Waals surface area contributed by atoms with Crippen LogP contribution in [0, 0.1) is 5.92 Å². The van der Waals surface area contributed by atoms with Crippen LogP contribution in [-0.4, -0.2) is 42.7 Å². The minimum Gasteiger partial charge on any atom is -0.379 e. The molecule has 0 bridgehead atoms. The number of benzene rings is 1. The van der Waals surface area contributed by atoms with Crippen LogP contribution in [0.3, 0.4) is 0 Å². The molecule has 1 aromatic carbocycles. The van der Waals surface area contributed by atoms with Crippen molar-refractivity contribution in [2.24, 2.45) is 5.92 Å². The van der Waals surface area contributed by atoms with Crippen LogP contribution in [0.25, 0.3) is 10.9 Å². The first-order valence-electron chi connectivity index (χ1n) is 8.73. The number of para-hydroxylation sites is 1. The van der Waals surface area contributed by atoms with Crippen molar-refractivity contribution < 1.29 is 9.53 Å². The smallest absolute Gasteiger partial charge is 0.234 e. The van der Waals surface area contributed by atoms with Crippen LogP contribution < -0.4 is 10.6 Å². The van der Waals surface area contributed by atoms with Crippen LogP contribution >= 0.6 is 0 Å². The molecule has 0 radical (unpaired) electrons. The van der Waals surface area contributed by atoms with Gasteiger partial charge in [-0.2, -0.15) is 0 Å². The molecular weight excluding hydrogens is 302 g/mol. The summed E-state index contributed by atoms with van der Waals surface area (Å²) in [6.07, 6.45) is 5.14. The zero-order valence-corrected chi connectivity index (χ0v) is 13.7. The van der Waals surface area contributed by atoms with Gasteiger partial charge in [0.15, 0.2) is 0 Å². The molecule has 5 heteroatoms. The van der Waals surface area contributed by atoms with Crippen molar-refractivity contribution in [2.75, 3.05) is 19.8 Å². The zero-order valence-electron chi connectivity index (χ0n) is 13.7. The SMILES string of the molecule is O=C(CNC1CC1)N[C@@H]1COC[C@H]1Cc1ccnc2ccccc12. The largest absolute Gasteiger partial charge is 0.379 e. The lowest BCUT2D eigenvalue weighted by molar-refractivity contribution is -0.121. The summed E-state index contributed by atoms with van der Waals surface area (Å²) in [6.45, 7) is 1.70. The molecule has 2 heterocycles. The van der Waals surface area contributed by atoms with Gasteiger partial charge >= 0.3 is 0 Å². The molecular formula is C19H23N3O2. The molecule has 1 saturated carbocycles. The van der Waals surface area contributed by atoms with Crippen LogP contribution in [0.15, 0.2) is 36.5 Å². The lowest BCUT2D eigenvalue weighted by Crippen LogP contribution is -2.44. The second-order valence-electron chi connectivity index (χ2n) is 6.82. The predicted octanol–water partition coefficient (Wildman–Crippen LogP) is 1.66. The van der Waals surface area contributed by atoms with Crippen LogP contribution in [0.5, 0.6) is 0 Å². The molecule has 1 saturated heterocycles. The molecule has 1 aliphatic carbocycles. The summed E-state index contributed by atoms with van der Waals surface area (Å²) < 4.78 is 5.64. The molecule has 0 unspecified atom stereocenters. The van der Waals surface area contributed by atoms with Gasteiger partial charge in [-0.05, 0) is 37.0 Å². The molecule has 4 rings (SSSR count). The third-order valence-corrected chi connectivity index (χ3v) is 4.89. The number of nitrogens with one attached hydrogen (secondary N) is 2. The van der Waals surface area contributed by atoms with Gasteiger partial charge in [0, 0.05) is 23.5 Å². The van der Waals surface area contributed by atoms with Gasteiger partial charge in [0.2, 0.25) is 5.91 Å². The fourth-order valence-corrected chi connectivity index (χ4v) is 3.36. The van der Waals surface area contributed by atoms with Crippen LogP contribution in [-0.2, 0) is 16.0 Å². The van der Waals surface area contributed by atoms with Crippen molar-refractivity contribution >= 4 is 16.8 Å². The Bertz CT molecular complexity index is 724. The molecule has 2 aromatic rings. The van der Waals surface area contributed by atoms with Gasteiger partial charge in [-0.1, -0.05) is 18.2 Å². The fraction of sp³-hybridized carbons (Fsp3) is 0.474. The minimum absolute atomic E-state index is 0.0713. The van der Waals surface area contributed by atoms with Gasteiger partial charge in [-0.25, -0.2) is 0 Å². The van der Waals surface area contributed by atoms with Crippen LogP contribution in [0.4, 0.5) is 0 Å². The van der Waals surface area contributed by atoms with Crippen molar-refractivity contribution in [3.05, 3.63) is 42.1 Å². The van der Waals surface area contributed by atoms with Crippen molar-refractivity contribution in [3.8, 4) is 0 Å². The average Bonchev–Trinajstić information content (AvgIpc) is 3.34. The van der Waals surface area contributed by atoms with E-state index in [0.717, 1.165) is 11.9 Å². The summed E-state index contributed by atoms with van der Waals surface area (Å²) in [7, 11) is 0. The molecule has 1 aromatic heterocycles. The van der Waals surface area contributed by atoms with E-state index in [9.17, 15) is 4.79 Å². The number of amides is 1. The third-order valence-electron chi connectivity index (χ3n) is 4.89. The third kappa shape index (κ3) is 3.57. The van der Waals surface area contributed by atoms with Crippen molar-refractivity contribution in [3.63, 3.8) is 0 Å². The molecule has 2 fully saturated rings. The van der Waals surface area contributed by atoms with Crippen molar-refractivity contribution in [2.45, 2.75) is 31.3 Å². The lowest BCUT2D eigenvalue weighted by Gasteiger charge is -2.20. The van der Waals surface area contributed by atoms with E-state index in [-0.39, 0.29) is 11.9 Å². The number of pyridine rings is 1. The highest BCUT2D eigenvalue weighted by atomic mass is 16.5. The topological polar surface area (TPSA) is 63.2 Å². The maximum Gasteiger partial charge on any atom is 0.234 e. The maximum absolute atomic E-state index is 12.1. The number of nitrogens with zero attached hydrogens (tertiary/aromatic N) is 1. The van der Waals surface area contributed by atoms with E-state index in [1.165, 1.54) is 23.8 Å². The molecule has 2 N–H and O–H groups in total. The van der Waals surface area contributed by atoms with Gasteiger partial charge in [0.25, 0.3) is 0 Å². The number of hydrogen-bond acceptors (Lipinski definition) is 4. The minimum atomic E-state index is 0.0713. The summed E-state index contributed by atoms with van der Waals surface area (Å²) in [4.78, 5) is 16.5. The Hall–Kier alpha value is -1.98. The number of ether oxygens (including phenoxy) is 1. The standard InChI is InChI=1S/C19H23N3O2/c23-19(10-21-15-5-6-15)22-18-12-24-11-14(18)9-13-7-8-20-17-4-2-1-3-16(13)17/h1-4,7-8,14-15,18,21H,5-6,9-12H2,(H,22,23)/t14-,18-/m1/s1. The van der Waals surface area contributed by atoms with Gasteiger partial charge in [-0.3, -0.25) is 9.78 Å². The Balaban J connectivity index is 1.41. The fourth-order valence-electron chi connectivity index (χ4n) is 3.36. The molecule has 1 amide bonds. The van der Waals surface area contributed by atoms with E-state index < -0.39 is 0 Å². The maximum atomic E-state index is 12.1. The van der Waals surface area contributed by atoms with Gasteiger partial charge < -0.3 is 15.4 Å². The molecule has 2 aliphatic rings. The predicted molar refractivity (Wildman–Crippen MR) is 92.7 cm³/mol. The van der Waals surface area contributed by atoms with E-state index in [4.69, 9.17) is 4.74 Å². The second-order valence-corrected chi connectivity index (χ2v) is 6.82. The summed E-state index contributed by atoms with van der Waals surface area (Å²) in [5, 5.41) is 7.58. The Labute approximate surface area is 141 Å². The average molecular weight is 325 g/mol. The normalized spacial score (nSPS) is 23.5. The monoisotopic (exact) mass is 325 g/mol. The number of aromatic nitrogens is 1. The Morgan fingerprint density at radius 2 is 2.08 bits per heavy atom. The highest BCUT2D eigenvalue weighted by Crippen LogP contribution is 2.24. The van der Waals surface area contributed by atoms with E-state index in [1.54, 1.807) is 0 Å². The van der Waals surface area contributed by atoms with Crippen LogP contribution in [0.1, 0.15) is 18.4 Å². The molecule has 0 spiro atoms. The number of carbonyl (C=O) groups is 1. The van der Waals surface area contributed by atoms with E-state index in [0.29, 0.717) is 31.7 Å². The number of rotatable bonds is 6. The van der Waals surface area contributed by atoms with Crippen molar-refractivity contribution in [1.29, 1.82) is 0 Å². The van der Waals surface area contributed by atoms with Gasteiger partial charge in [0.1, 0.15) is 0 Å². The van der Waals surface area contributed by atoms with E-state index >= 15 is 0 Å². The second kappa shape index (κ2) is 6.87. The first kappa shape index (κ1) is 15.5. The van der Waals surface area contributed by atoms with E-state index in [1.807, 2.05) is 24.4 Å². The first-order valence-corrected chi connectivity index (χ1v) is 8.73. The lowest BCUT2D eigenvalue weighted by atomic mass is 9.93. The molecule has 1 aliphatic heterocycles. The summed E-state index contributed by atoms with van der Waals surface area (Å²) in [6, 6.07) is 10.9. The van der Waals surface area contributed by atoms with Gasteiger partial charge in [-0.15, -0.1) is 0 Å². The number of hydrogen-bond donors (Lipinski definition) is 2. The molecule has 5 nitrogen and oxygen atoms in total. The summed E-state index contributed by atoms with van der Waals surface area (Å²) >= 11 is 0.